The maximum atomic E-state index is 13.4. The Labute approximate surface area is 158 Å². The summed E-state index contributed by atoms with van der Waals surface area (Å²) in [7, 11) is 1.96. The highest BCUT2D eigenvalue weighted by Gasteiger charge is 2.32. The molecule has 1 aliphatic heterocycles. The molecule has 8 heteroatoms. The summed E-state index contributed by atoms with van der Waals surface area (Å²) in [6.07, 6.45) is 5.46. The molecule has 3 aromatic heterocycles. The summed E-state index contributed by atoms with van der Waals surface area (Å²) in [5.74, 6) is 0.878. The molecule has 1 N–H and O–H groups in total. The van der Waals surface area contributed by atoms with E-state index in [1.54, 1.807) is 12.4 Å². The predicted octanol–water partition coefficient (Wildman–Crippen LogP) is 1.84. The van der Waals surface area contributed by atoms with Crippen molar-refractivity contribution in [2.24, 2.45) is 7.05 Å². The van der Waals surface area contributed by atoms with E-state index in [1.165, 1.54) is 0 Å². The molecule has 1 amide bonds. The third kappa shape index (κ3) is 2.99. The van der Waals surface area contributed by atoms with Crippen molar-refractivity contribution in [1.29, 1.82) is 0 Å². The zero-order valence-corrected chi connectivity index (χ0v) is 16.2. The zero-order valence-electron chi connectivity index (χ0n) is 16.2. The van der Waals surface area contributed by atoms with Gasteiger partial charge in [0.15, 0.2) is 5.65 Å². The molecule has 0 aromatic carbocycles. The molecule has 8 nitrogen and oxygen atoms in total. The molecule has 4 heterocycles. The van der Waals surface area contributed by atoms with Crippen LogP contribution < -0.4 is 5.32 Å². The number of carbonyl (C=O) groups is 1. The third-order valence-corrected chi connectivity index (χ3v) is 5.14. The predicted molar refractivity (Wildman–Crippen MR) is 103 cm³/mol. The molecule has 142 valence electrons. The van der Waals surface area contributed by atoms with Gasteiger partial charge >= 0.3 is 0 Å². The lowest BCUT2D eigenvalue weighted by atomic mass is 10.1. The molecular formula is C19H25N7O. The van der Waals surface area contributed by atoms with Gasteiger partial charge in [-0.3, -0.25) is 4.79 Å². The van der Waals surface area contributed by atoms with Gasteiger partial charge in [0.2, 0.25) is 0 Å². The van der Waals surface area contributed by atoms with Gasteiger partial charge in [-0.05, 0) is 26.8 Å². The average Bonchev–Trinajstić information content (AvgIpc) is 3.26. The van der Waals surface area contributed by atoms with Gasteiger partial charge in [0, 0.05) is 50.5 Å². The first-order valence-corrected chi connectivity index (χ1v) is 9.31. The minimum atomic E-state index is -0.0975. The zero-order chi connectivity index (χ0) is 19.1. The van der Waals surface area contributed by atoms with Gasteiger partial charge in [0.05, 0.1) is 17.5 Å². The largest absolute Gasteiger partial charge is 0.336 e. The van der Waals surface area contributed by atoms with Crippen LogP contribution in [0.2, 0.25) is 0 Å². The minimum Gasteiger partial charge on any atom is -0.336 e. The van der Waals surface area contributed by atoms with E-state index in [1.807, 2.05) is 40.4 Å². The fourth-order valence-corrected chi connectivity index (χ4v) is 3.69. The van der Waals surface area contributed by atoms with Gasteiger partial charge in [-0.2, -0.15) is 5.10 Å². The highest BCUT2D eigenvalue weighted by Crippen LogP contribution is 2.25. The Morgan fingerprint density at radius 1 is 1.37 bits per heavy atom. The van der Waals surface area contributed by atoms with Gasteiger partial charge in [0.1, 0.15) is 11.9 Å². The van der Waals surface area contributed by atoms with Crippen molar-refractivity contribution in [2.75, 3.05) is 19.6 Å². The maximum Gasteiger partial charge on any atom is 0.256 e. The van der Waals surface area contributed by atoms with Crippen LogP contribution in [0.4, 0.5) is 0 Å². The number of amides is 1. The van der Waals surface area contributed by atoms with Crippen LogP contribution in [0, 0.1) is 6.92 Å². The first-order valence-electron chi connectivity index (χ1n) is 9.31. The Kier molecular flexibility index (Phi) is 4.43. The molecule has 27 heavy (non-hydrogen) atoms. The van der Waals surface area contributed by atoms with Gasteiger partial charge < -0.3 is 14.8 Å². The first-order chi connectivity index (χ1) is 13.0. The van der Waals surface area contributed by atoms with Crippen LogP contribution in [0.15, 0.2) is 24.7 Å². The summed E-state index contributed by atoms with van der Waals surface area (Å²) < 4.78 is 3.86. The Bertz CT molecular complexity index is 987. The molecule has 3 aromatic rings. The maximum absolute atomic E-state index is 13.4. The average molecular weight is 367 g/mol. The number of hydrogen-bond acceptors (Lipinski definition) is 5. The van der Waals surface area contributed by atoms with Gasteiger partial charge in [0.25, 0.3) is 5.91 Å². The molecule has 0 bridgehead atoms. The lowest BCUT2D eigenvalue weighted by Crippen LogP contribution is -2.49. The topological polar surface area (TPSA) is 80.9 Å². The Hall–Kier alpha value is -2.74. The molecule has 1 aliphatic rings. The highest BCUT2D eigenvalue weighted by atomic mass is 16.2. The minimum absolute atomic E-state index is 0.00584. The van der Waals surface area contributed by atoms with Crippen LogP contribution >= 0.6 is 0 Å². The highest BCUT2D eigenvalue weighted by molar-refractivity contribution is 5.98. The van der Waals surface area contributed by atoms with Crippen LogP contribution in [0.5, 0.6) is 0 Å². The van der Waals surface area contributed by atoms with Crippen molar-refractivity contribution in [3.05, 3.63) is 41.7 Å². The van der Waals surface area contributed by atoms with Gasteiger partial charge in [-0.25, -0.2) is 14.6 Å². The van der Waals surface area contributed by atoms with Crippen LogP contribution in [0.1, 0.15) is 47.8 Å². The van der Waals surface area contributed by atoms with Crippen molar-refractivity contribution >= 4 is 16.9 Å². The van der Waals surface area contributed by atoms with Gasteiger partial charge in [-0.15, -0.1) is 0 Å². The summed E-state index contributed by atoms with van der Waals surface area (Å²) >= 11 is 0. The summed E-state index contributed by atoms with van der Waals surface area (Å²) in [5.41, 5.74) is 2.18. The number of hydrogen-bond donors (Lipinski definition) is 1. The van der Waals surface area contributed by atoms with E-state index in [9.17, 15) is 4.79 Å². The second-order valence-electron chi connectivity index (χ2n) is 7.33. The Morgan fingerprint density at radius 2 is 2.19 bits per heavy atom. The molecule has 1 atom stereocenters. The fraction of sp³-hybridized carbons (Fsp3) is 0.474. The number of aryl methyl sites for hydroxylation is 2. The number of fused-ring (bicyclic) bond motifs is 1. The fourth-order valence-electron chi connectivity index (χ4n) is 3.69. The van der Waals surface area contributed by atoms with E-state index >= 15 is 0 Å². The summed E-state index contributed by atoms with van der Waals surface area (Å²) in [6.45, 7) is 8.13. The van der Waals surface area contributed by atoms with Crippen LogP contribution in [0.3, 0.4) is 0 Å². The van der Waals surface area contributed by atoms with E-state index in [4.69, 9.17) is 4.98 Å². The van der Waals surface area contributed by atoms with Crippen LogP contribution in [-0.4, -0.2) is 54.8 Å². The van der Waals surface area contributed by atoms with Crippen molar-refractivity contribution < 1.29 is 4.79 Å². The smallest absolute Gasteiger partial charge is 0.256 e. The molecule has 0 saturated carbocycles. The molecule has 1 fully saturated rings. The van der Waals surface area contributed by atoms with Crippen LogP contribution in [0.25, 0.3) is 11.0 Å². The summed E-state index contributed by atoms with van der Waals surface area (Å²) in [5, 5.41) is 8.68. The Balaban J connectivity index is 1.72. The Morgan fingerprint density at radius 3 is 2.89 bits per heavy atom. The number of nitrogens with one attached hydrogen (secondary N) is 1. The van der Waals surface area contributed by atoms with Crippen molar-refractivity contribution in [3.63, 3.8) is 0 Å². The quantitative estimate of drug-likeness (QED) is 0.764. The molecule has 1 unspecified atom stereocenters. The number of imidazole rings is 1. The van der Waals surface area contributed by atoms with E-state index in [2.05, 4.69) is 29.2 Å². The standard InChI is InChI=1S/C19H25N7O/c1-12(2)26-17-14(10-22-26)9-15(13(3)23-17)19(27)25-8-5-20-11-16(25)18-21-6-7-24(18)4/h6-7,9-10,12,16,20H,5,8,11H2,1-4H3. The normalized spacial score (nSPS) is 17.8. The lowest BCUT2D eigenvalue weighted by Gasteiger charge is -2.36. The number of aromatic nitrogens is 5. The second-order valence-corrected chi connectivity index (χ2v) is 7.33. The molecule has 1 saturated heterocycles. The SMILES string of the molecule is Cc1nc2c(cnn2C(C)C)cc1C(=O)N1CCNCC1c1nccn1C. The summed E-state index contributed by atoms with van der Waals surface area (Å²) in [4.78, 5) is 24.5. The number of piperazine rings is 1. The molecule has 0 aliphatic carbocycles. The number of nitrogens with zero attached hydrogens (tertiary/aromatic N) is 6. The first kappa shape index (κ1) is 17.7. The molecule has 0 spiro atoms. The van der Waals surface area contributed by atoms with Crippen molar-refractivity contribution in [2.45, 2.75) is 32.9 Å². The van der Waals surface area contributed by atoms with E-state index < -0.39 is 0 Å². The van der Waals surface area contributed by atoms with E-state index in [0.29, 0.717) is 18.7 Å². The van der Waals surface area contributed by atoms with Crippen molar-refractivity contribution in [3.8, 4) is 0 Å². The number of carbonyl (C=O) groups excluding carboxylic acids is 1. The molecule has 4 rings (SSSR count). The number of rotatable bonds is 3. The van der Waals surface area contributed by atoms with E-state index in [-0.39, 0.29) is 18.0 Å². The summed E-state index contributed by atoms with van der Waals surface area (Å²) in [6, 6.07) is 2.04. The molecule has 0 radical (unpaired) electrons. The molecular weight excluding hydrogens is 342 g/mol. The monoisotopic (exact) mass is 367 g/mol. The lowest BCUT2D eigenvalue weighted by molar-refractivity contribution is 0.0620. The van der Waals surface area contributed by atoms with Crippen molar-refractivity contribution in [1.82, 2.24) is 34.5 Å². The third-order valence-electron chi connectivity index (χ3n) is 5.14. The van der Waals surface area contributed by atoms with Crippen LogP contribution in [-0.2, 0) is 7.05 Å². The number of pyridine rings is 1. The second kappa shape index (κ2) is 6.77. The van der Waals surface area contributed by atoms with Gasteiger partial charge in [-0.1, -0.05) is 0 Å². The van der Waals surface area contributed by atoms with E-state index in [0.717, 1.165) is 29.1 Å².